The van der Waals surface area contributed by atoms with Gasteiger partial charge in [-0.25, -0.2) is 9.97 Å². The highest BCUT2D eigenvalue weighted by Gasteiger charge is 2.23. The summed E-state index contributed by atoms with van der Waals surface area (Å²) in [7, 11) is 1.47. The summed E-state index contributed by atoms with van der Waals surface area (Å²) in [5.74, 6) is -0.137. The minimum atomic E-state index is -0.347. The molecule has 2 fully saturated rings. The molecule has 2 saturated heterocycles. The van der Waals surface area contributed by atoms with Gasteiger partial charge in [-0.15, -0.1) is 22.7 Å². The molecular weight excluding hydrogens is 923 g/mol. The summed E-state index contributed by atoms with van der Waals surface area (Å²) in [5, 5.41) is 45.1. The Balaban J connectivity index is 0.000000162. The maximum atomic E-state index is 13.2. The molecule has 70 heavy (non-hydrogen) atoms. The number of hydrogen-bond acceptors (Lipinski definition) is 13. The number of likely N-dealkylation sites (tertiary alicyclic amines) is 1. The van der Waals surface area contributed by atoms with Crippen molar-refractivity contribution in [3.8, 4) is 28.3 Å². The van der Waals surface area contributed by atoms with E-state index in [1.54, 1.807) is 34.8 Å². The first-order valence-electron chi connectivity index (χ1n) is 23.2. The van der Waals surface area contributed by atoms with Crippen molar-refractivity contribution in [3.05, 3.63) is 160 Å². The second-order valence-electron chi connectivity index (χ2n) is 17.4. The number of anilines is 2. The van der Waals surface area contributed by atoms with E-state index in [1.807, 2.05) is 103 Å². The van der Waals surface area contributed by atoms with E-state index in [0.29, 0.717) is 40.2 Å². The molecule has 4 aromatic heterocycles. The van der Waals surface area contributed by atoms with Gasteiger partial charge in [-0.1, -0.05) is 66.7 Å². The number of hydrogen-bond donors (Lipinski definition) is 6. The van der Waals surface area contributed by atoms with Crippen LogP contribution in [0.25, 0.3) is 43.2 Å². The second kappa shape index (κ2) is 21.1. The number of imidazole rings is 2. The third-order valence-corrected chi connectivity index (χ3v) is 14.6. The highest BCUT2D eigenvalue weighted by atomic mass is 32.1. The Kier molecular flexibility index (Phi) is 14.1. The molecule has 6 heterocycles. The number of nitrogens with one attached hydrogen (secondary N) is 3. The number of methoxy groups -OCH3 is 1. The number of thiazole rings is 2. The van der Waals surface area contributed by atoms with Crippen molar-refractivity contribution < 1.29 is 29.6 Å². The molecule has 11 rings (SSSR count). The van der Waals surface area contributed by atoms with Crippen LogP contribution in [-0.4, -0.2) is 108 Å². The zero-order chi connectivity index (χ0) is 48.1. The van der Waals surface area contributed by atoms with Gasteiger partial charge in [-0.05, 0) is 59.2 Å². The molecule has 9 aromatic rings. The van der Waals surface area contributed by atoms with E-state index in [9.17, 15) is 24.9 Å². The Labute approximate surface area is 412 Å². The predicted octanol–water partition coefficient (Wildman–Crippen LogP) is 7.75. The van der Waals surface area contributed by atoms with Crippen LogP contribution in [0.3, 0.4) is 0 Å². The molecule has 15 nitrogen and oxygen atoms in total. The van der Waals surface area contributed by atoms with E-state index in [0.717, 1.165) is 107 Å². The van der Waals surface area contributed by atoms with Crippen molar-refractivity contribution in [2.45, 2.75) is 38.8 Å². The minimum Gasteiger partial charge on any atom is -0.496 e. The first kappa shape index (κ1) is 46.9. The summed E-state index contributed by atoms with van der Waals surface area (Å²) < 4.78 is 9.58. The van der Waals surface area contributed by atoms with Crippen molar-refractivity contribution in [3.63, 3.8) is 0 Å². The minimum absolute atomic E-state index is 0.146. The van der Waals surface area contributed by atoms with E-state index in [4.69, 9.17) is 14.7 Å². The average molecular weight is 976 g/mol. The predicted molar refractivity (Wildman–Crippen MR) is 276 cm³/mol. The molecule has 2 aliphatic rings. The van der Waals surface area contributed by atoms with Crippen molar-refractivity contribution in [1.82, 2.24) is 33.9 Å². The number of aromatic nitrogens is 4. The number of carbonyl (C=O) groups excluding carboxylic acids is 2. The van der Waals surface area contributed by atoms with Crippen molar-refractivity contribution >= 4 is 66.6 Å². The number of amides is 2. The molecule has 2 amide bonds. The van der Waals surface area contributed by atoms with Crippen LogP contribution in [0.1, 0.15) is 49.7 Å². The number of nitrogens with zero attached hydrogens (tertiary/aromatic N) is 6. The number of carbonyl (C=O) groups is 2. The normalized spacial score (nSPS) is 15.3. The smallest absolute Gasteiger partial charge is 0.255 e. The zero-order valence-corrected chi connectivity index (χ0v) is 40.2. The summed E-state index contributed by atoms with van der Waals surface area (Å²) >= 11 is 3.22. The first-order chi connectivity index (χ1) is 34.2. The monoisotopic (exact) mass is 975 g/mol. The van der Waals surface area contributed by atoms with Gasteiger partial charge >= 0.3 is 0 Å². The fourth-order valence-electron chi connectivity index (χ4n) is 9.12. The van der Waals surface area contributed by atoms with Gasteiger partial charge in [0.15, 0.2) is 9.92 Å². The SMILES string of the molecule is COc1cc(C(=O)Nc2ccccc2-c2cn3c(CN4CCNCC4)csc3n2)cc(CO)c1CO.O=C(Nc1ccccc1-c1cn2c(CN3CC[C@@H](O)C3)csc2n1)c1ccc2ccccc2c1. The number of para-hydroxylation sites is 2. The standard InChI is InChI=1S/C27H24N4O2S.C26H29N5O4S/c32-22-11-12-30(15-22)14-21-17-34-27-29-25(16-31(21)27)23-7-3-4-8-24(23)28-26(33)20-10-9-18-5-1-2-6-19(18)13-20;1-35-24-11-17(10-18(14-32)21(24)15-33)25(34)28-22-5-3-2-4-20(22)23-13-31-19(16-36-26(31)29-23)12-30-8-6-27-7-9-30/h1-10,13,16-17,22,32H,11-12,14-15H2,(H,28,33);2-5,10-11,13,16,27,32-33H,6-9,12,14-15H2,1H3,(H,28,34)/t22-;/m1./s1. The van der Waals surface area contributed by atoms with Gasteiger partial charge in [0, 0.05) is 115 Å². The number of aliphatic hydroxyl groups excluding tert-OH is 3. The summed E-state index contributed by atoms with van der Waals surface area (Å²) in [6, 6.07) is 32.2. The molecule has 6 N–H and O–H groups in total. The molecule has 0 bridgehead atoms. The van der Waals surface area contributed by atoms with Crippen LogP contribution in [0.4, 0.5) is 11.4 Å². The number of β-amino-alcohol motifs (C(OH)–C–C–N with tert-alkyl or cyclic N) is 1. The number of ether oxygens (including phenoxy) is 1. The molecule has 0 aliphatic carbocycles. The molecular formula is C53H53N9O6S2. The fourth-order valence-corrected chi connectivity index (χ4v) is 10.8. The van der Waals surface area contributed by atoms with Crippen LogP contribution in [-0.2, 0) is 26.3 Å². The van der Waals surface area contributed by atoms with Crippen LogP contribution >= 0.6 is 22.7 Å². The van der Waals surface area contributed by atoms with Crippen LogP contribution in [0.2, 0.25) is 0 Å². The summed E-state index contributed by atoms with van der Waals surface area (Å²) in [6.45, 7) is 6.72. The van der Waals surface area contributed by atoms with Crippen LogP contribution in [0, 0.1) is 0 Å². The Morgan fingerprint density at radius 2 is 1.29 bits per heavy atom. The van der Waals surface area contributed by atoms with E-state index in [1.165, 1.54) is 12.8 Å². The highest BCUT2D eigenvalue weighted by Crippen LogP contribution is 2.33. The highest BCUT2D eigenvalue weighted by molar-refractivity contribution is 7.15. The summed E-state index contributed by atoms with van der Waals surface area (Å²) in [5.41, 5.74) is 8.88. The third kappa shape index (κ3) is 10.1. The second-order valence-corrected chi connectivity index (χ2v) is 19.1. The molecule has 0 saturated carbocycles. The lowest BCUT2D eigenvalue weighted by molar-refractivity contribution is 0.101. The van der Waals surface area contributed by atoms with Gasteiger partial charge in [0.05, 0.1) is 49.2 Å². The summed E-state index contributed by atoms with van der Waals surface area (Å²) in [4.78, 5) is 42.5. The van der Waals surface area contributed by atoms with Gasteiger partial charge in [0.25, 0.3) is 11.8 Å². The number of benzene rings is 5. The van der Waals surface area contributed by atoms with E-state index in [2.05, 4.69) is 45.3 Å². The maximum absolute atomic E-state index is 13.2. The largest absolute Gasteiger partial charge is 0.496 e. The number of fused-ring (bicyclic) bond motifs is 3. The van der Waals surface area contributed by atoms with E-state index >= 15 is 0 Å². The number of aliphatic hydroxyl groups is 3. The van der Waals surface area contributed by atoms with Crippen LogP contribution in [0.5, 0.6) is 5.75 Å². The molecule has 1 atom stereocenters. The number of piperazine rings is 1. The Hall–Kier alpha value is -6.80. The first-order valence-corrected chi connectivity index (χ1v) is 25.0. The van der Waals surface area contributed by atoms with Gasteiger partial charge < -0.3 is 36.0 Å². The Bertz CT molecular complexity index is 3290. The lowest BCUT2D eigenvalue weighted by atomic mass is 10.0. The van der Waals surface area contributed by atoms with Crippen molar-refractivity contribution in [2.24, 2.45) is 0 Å². The Morgan fingerprint density at radius 3 is 1.87 bits per heavy atom. The fraction of sp³-hybridized carbons (Fsp3) is 0.245. The molecule has 0 spiro atoms. The van der Waals surface area contributed by atoms with Crippen LogP contribution in [0.15, 0.2) is 126 Å². The molecule has 0 unspecified atom stereocenters. The molecule has 5 aromatic carbocycles. The van der Waals surface area contributed by atoms with Gasteiger partial charge in [0.2, 0.25) is 0 Å². The third-order valence-electron chi connectivity index (χ3n) is 12.8. The van der Waals surface area contributed by atoms with Gasteiger partial charge in [0.1, 0.15) is 5.75 Å². The maximum Gasteiger partial charge on any atom is 0.255 e. The van der Waals surface area contributed by atoms with E-state index < -0.39 is 0 Å². The zero-order valence-electron chi connectivity index (χ0n) is 38.5. The van der Waals surface area contributed by atoms with Gasteiger partial charge in [-0.3, -0.25) is 28.2 Å². The summed E-state index contributed by atoms with van der Waals surface area (Å²) in [6.07, 6.45) is 4.66. The average Bonchev–Trinajstić information content (AvgIpc) is 4.25. The van der Waals surface area contributed by atoms with Crippen LogP contribution < -0.4 is 20.7 Å². The van der Waals surface area contributed by atoms with Gasteiger partial charge in [-0.2, -0.15) is 0 Å². The molecule has 17 heteroatoms. The van der Waals surface area contributed by atoms with E-state index in [-0.39, 0.29) is 31.1 Å². The van der Waals surface area contributed by atoms with Crippen molar-refractivity contribution in [1.29, 1.82) is 0 Å². The number of rotatable bonds is 13. The molecule has 358 valence electrons. The topological polar surface area (TPSA) is 181 Å². The van der Waals surface area contributed by atoms with Crippen molar-refractivity contribution in [2.75, 3.05) is 57.0 Å². The molecule has 0 radical (unpaired) electrons. The lowest BCUT2D eigenvalue weighted by Gasteiger charge is -2.26. The molecule has 2 aliphatic heterocycles. The quantitative estimate of drug-likeness (QED) is 0.0665. The lowest BCUT2D eigenvalue weighted by Crippen LogP contribution is -2.43. The Morgan fingerprint density at radius 1 is 0.700 bits per heavy atom.